The van der Waals surface area contributed by atoms with Gasteiger partial charge in [0, 0.05) is 28.7 Å². The van der Waals surface area contributed by atoms with Gasteiger partial charge in [-0.25, -0.2) is 0 Å². The number of benzene rings is 1. The Morgan fingerprint density at radius 2 is 1.91 bits per heavy atom. The smallest absolute Gasteiger partial charge is 0.0485 e. The predicted molar refractivity (Wildman–Crippen MR) is 107 cm³/mol. The van der Waals surface area contributed by atoms with E-state index in [2.05, 4.69) is 64.8 Å². The summed E-state index contributed by atoms with van der Waals surface area (Å²) in [5, 5.41) is 3.58. The van der Waals surface area contributed by atoms with Gasteiger partial charge in [0.1, 0.15) is 0 Å². The summed E-state index contributed by atoms with van der Waals surface area (Å²) in [4.78, 5) is 1.18. The van der Waals surface area contributed by atoms with Gasteiger partial charge in [-0.15, -0.1) is 9.39 Å². The van der Waals surface area contributed by atoms with Gasteiger partial charge in [-0.3, -0.25) is 0 Å². The molecule has 23 heavy (non-hydrogen) atoms. The van der Waals surface area contributed by atoms with Crippen molar-refractivity contribution in [2.45, 2.75) is 37.0 Å². The SMILES string of the molecule is C=C1NS(=C)(=C)c2ccccc2NCCCCC/C=C\C2C[C@H]12. The van der Waals surface area contributed by atoms with Crippen LogP contribution in [0.3, 0.4) is 0 Å². The second-order valence-electron chi connectivity index (χ2n) is 6.72. The van der Waals surface area contributed by atoms with Crippen LogP contribution in [-0.2, 0) is 0 Å². The maximum Gasteiger partial charge on any atom is 0.0485 e. The number of rotatable bonds is 0. The molecule has 3 heteroatoms. The van der Waals surface area contributed by atoms with Gasteiger partial charge in [0.2, 0.25) is 0 Å². The number of allylic oxidation sites excluding steroid dienone is 3. The zero-order valence-corrected chi connectivity index (χ0v) is 14.7. The lowest BCUT2D eigenvalue weighted by molar-refractivity contribution is 0.706. The maximum atomic E-state index is 4.40. The van der Waals surface area contributed by atoms with Crippen LogP contribution in [0.1, 0.15) is 32.1 Å². The van der Waals surface area contributed by atoms with Gasteiger partial charge >= 0.3 is 0 Å². The predicted octanol–water partition coefficient (Wildman–Crippen LogP) is 4.91. The Labute approximate surface area is 141 Å². The maximum absolute atomic E-state index is 4.40. The van der Waals surface area contributed by atoms with Crippen LogP contribution in [0.15, 0.2) is 53.6 Å². The van der Waals surface area contributed by atoms with Crippen LogP contribution >= 0.6 is 9.39 Å². The van der Waals surface area contributed by atoms with Gasteiger partial charge in [-0.1, -0.05) is 49.0 Å². The van der Waals surface area contributed by atoms with Crippen molar-refractivity contribution in [1.82, 2.24) is 4.72 Å². The molecule has 0 saturated heterocycles. The van der Waals surface area contributed by atoms with Gasteiger partial charge in [0.05, 0.1) is 0 Å². The van der Waals surface area contributed by atoms with E-state index >= 15 is 0 Å². The third-order valence-electron chi connectivity index (χ3n) is 4.67. The second kappa shape index (κ2) is 6.88. The molecule has 0 amide bonds. The summed E-state index contributed by atoms with van der Waals surface area (Å²) in [6, 6.07) is 8.42. The highest BCUT2D eigenvalue weighted by Gasteiger charge is 2.37. The topological polar surface area (TPSA) is 24.1 Å². The van der Waals surface area contributed by atoms with E-state index in [9.17, 15) is 0 Å². The molecule has 0 aromatic heterocycles. The summed E-state index contributed by atoms with van der Waals surface area (Å²) in [6.07, 6.45) is 10.9. The van der Waals surface area contributed by atoms with Crippen molar-refractivity contribution in [3.8, 4) is 0 Å². The van der Waals surface area contributed by atoms with E-state index in [1.807, 2.05) is 0 Å². The number of hydrogen-bond donors (Lipinski definition) is 2. The number of nitrogens with one attached hydrogen (secondary N) is 2. The fourth-order valence-corrected chi connectivity index (χ4v) is 4.88. The molecule has 124 valence electrons. The molecule has 2 atom stereocenters. The Hall–Kier alpha value is -1.61. The Balaban J connectivity index is 1.84. The van der Waals surface area contributed by atoms with E-state index in [-0.39, 0.29) is 0 Å². The average Bonchev–Trinajstić information content (AvgIpc) is 3.29. The van der Waals surface area contributed by atoms with Gasteiger partial charge < -0.3 is 10.0 Å². The normalized spacial score (nSPS) is 28.8. The highest BCUT2D eigenvalue weighted by atomic mass is 32.2. The first kappa shape index (κ1) is 16.3. The van der Waals surface area contributed by atoms with Crippen LogP contribution in [0, 0.1) is 11.8 Å². The van der Waals surface area contributed by atoms with Crippen molar-refractivity contribution in [3.05, 3.63) is 48.7 Å². The summed E-state index contributed by atoms with van der Waals surface area (Å²) < 4.78 is 3.57. The second-order valence-corrected chi connectivity index (χ2v) is 9.13. The highest BCUT2D eigenvalue weighted by molar-refractivity contribution is 8.26. The molecule has 1 heterocycles. The monoisotopic (exact) mass is 328 g/mol. The Kier molecular flexibility index (Phi) is 4.86. The molecular weight excluding hydrogens is 300 g/mol. The minimum atomic E-state index is -1.59. The van der Waals surface area contributed by atoms with E-state index < -0.39 is 9.39 Å². The van der Waals surface area contributed by atoms with Gasteiger partial charge in [0.25, 0.3) is 0 Å². The van der Waals surface area contributed by atoms with E-state index in [1.54, 1.807) is 0 Å². The molecule has 2 nitrogen and oxygen atoms in total. The van der Waals surface area contributed by atoms with Crippen LogP contribution in [0.4, 0.5) is 5.69 Å². The first-order valence-corrected chi connectivity index (χ1v) is 10.5. The Bertz CT molecular complexity index is 700. The molecule has 1 aromatic carbocycles. The van der Waals surface area contributed by atoms with Crippen molar-refractivity contribution in [1.29, 1.82) is 0 Å². The summed E-state index contributed by atoms with van der Waals surface area (Å²) in [5.41, 5.74) is 2.26. The molecule has 1 unspecified atom stereocenters. The van der Waals surface area contributed by atoms with Crippen LogP contribution in [0.2, 0.25) is 0 Å². The molecule has 0 radical (unpaired) electrons. The third-order valence-corrected chi connectivity index (χ3v) is 6.52. The van der Waals surface area contributed by atoms with Crippen molar-refractivity contribution >= 4 is 26.8 Å². The highest BCUT2D eigenvalue weighted by Crippen LogP contribution is 2.46. The van der Waals surface area contributed by atoms with E-state index in [1.165, 1.54) is 37.0 Å². The molecule has 0 bridgehead atoms. The summed E-state index contributed by atoms with van der Waals surface area (Å²) >= 11 is 0. The van der Waals surface area contributed by atoms with Gasteiger partial charge in [-0.05, 0) is 43.7 Å². The number of anilines is 1. The molecular formula is C20H28N2S. The lowest BCUT2D eigenvalue weighted by Crippen LogP contribution is -2.12. The first-order chi connectivity index (χ1) is 11.1. The molecule has 2 aliphatic rings. The van der Waals surface area contributed by atoms with Gasteiger partial charge in [-0.2, -0.15) is 0 Å². The zero-order valence-electron chi connectivity index (χ0n) is 13.9. The number of hydrogen-bond acceptors (Lipinski definition) is 2. The van der Waals surface area contributed by atoms with Crippen LogP contribution in [-0.4, -0.2) is 18.3 Å². The molecule has 1 aliphatic carbocycles. The molecule has 1 saturated carbocycles. The van der Waals surface area contributed by atoms with E-state index in [0.29, 0.717) is 11.8 Å². The van der Waals surface area contributed by atoms with Crippen LogP contribution < -0.4 is 10.0 Å². The fourth-order valence-electron chi connectivity index (χ4n) is 3.22. The average molecular weight is 329 g/mol. The van der Waals surface area contributed by atoms with E-state index in [0.717, 1.165) is 17.9 Å². The zero-order chi connectivity index (χ0) is 16.3. The van der Waals surface area contributed by atoms with Crippen molar-refractivity contribution in [2.24, 2.45) is 11.8 Å². The number of fused-ring (bicyclic) bond motifs is 2. The molecule has 0 spiro atoms. The van der Waals surface area contributed by atoms with Crippen molar-refractivity contribution in [3.63, 3.8) is 0 Å². The minimum absolute atomic E-state index is 0.548. The summed E-state index contributed by atoms with van der Waals surface area (Å²) in [5.74, 6) is 10.0. The van der Waals surface area contributed by atoms with Crippen LogP contribution in [0.5, 0.6) is 0 Å². The quantitative estimate of drug-likeness (QED) is 0.522. The van der Waals surface area contributed by atoms with Gasteiger partial charge in [0.15, 0.2) is 0 Å². The lowest BCUT2D eigenvalue weighted by atomic mass is 10.1. The molecule has 1 aromatic rings. The largest absolute Gasteiger partial charge is 0.384 e. The van der Waals surface area contributed by atoms with E-state index in [4.69, 9.17) is 0 Å². The molecule has 1 aliphatic heterocycles. The van der Waals surface area contributed by atoms with Crippen LogP contribution in [0.25, 0.3) is 0 Å². The molecule has 2 N–H and O–H groups in total. The Morgan fingerprint density at radius 1 is 1.09 bits per heavy atom. The minimum Gasteiger partial charge on any atom is -0.384 e. The third kappa shape index (κ3) is 4.03. The standard InChI is InChI=1S/C20H28N2S/c1-16-18-15-17(18)11-7-5-4-6-10-14-21-19-12-8-9-13-20(19)23(2,3)22-16/h7-9,11-13,17-18,21-22H,1-6,10,14-15H2/b11-7-/t17?,18-/m1/s1. The first-order valence-electron chi connectivity index (χ1n) is 8.53. The Morgan fingerprint density at radius 3 is 2.78 bits per heavy atom. The van der Waals surface area contributed by atoms with Crippen molar-refractivity contribution < 1.29 is 0 Å². The number of para-hydroxylation sites is 1. The lowest BCUT2D eigenvalue weighted by Gasteiger charge is -2.23. The molecule has 3 rings (SSSR count). The summed E-state index contributed by atoms with van der Waals surface area (Å²) in [7, 11) is -1.59. The van der Waals surface area contributed by atoms with Crippen molar-refractivity contribution in [2.75, 3.05) is 11.9 Å². The molecule has 1 fully saturated rings. The summed E-state index contributed by atoms with van der Waals surface area (Å²) in [6.45, 7) is 5.27. The fraction of sp³-hybridized carbons (Fsp3) is 0.400.